The zero-order valence-corrected chi connectivity index (χ0v) is 21.2. The van der Waals surface area contributed by atoms with Crippen molar-refractivity contribution in [2.75, 3.05) is 19.7 Å². The summed E-state index contributed by atoms with van der Waals surface area (Å²) in [5, 5.41) is 10.4. The lowest BCUT2D eigenvalue weighted by molar-refractivity contribution is -0.148. The summed E-state index contributed by atoms with van der Waals surface area (Å²) < 4.78 is 55.6. The Morgan fingerprint density at radius 3 is 1.92 bits per heavy atom. The van der Waals surface area contributed by atoms with Gasteiger partial charge in [-0.15, -0.1) is 0 Å². The van der Waals surface area contributed by atoms with Gasteiger partial charge in [-0.1, -0.05) is 66.7 Å². The number of ketones is 1. The van der Waals surface area contributed by atoms with E-state index in [0.29, 0.717) is 29.8 Å². The predicted octanol–water partition coefficient (Wildman–Crippen LogP) is 5.34. The van der Waals surface area contributed by atoms with Crippen LogP contribution in [0.2, 0.25) is 0 Å². The van der Waals surface area contributed by atoms with Gasteiger partial charge in [-0.05, 0) is 35.2 Å². The van der Waals surface area contributed by atoms with Gasteiger partial charge in [0.2, 0.25) is 0 Å². The van der Waals surface area contributed by atoms with Crippen molar-refractivity contribution in [3.8, 4) is 5.75 Å². The SMILES string of the molecule is O=C(c1ccc(CN2C[C@@H]3C[C@H]2CN3Cc2ccc(OCC(F)(F)C(F)F)cc2)cc1)C(O)c1ccccc1. The fourth-order valence-corrected chi connectivity index (χ4v) is 5.34. The Kier molecular flexibility index (Phi) is 8.02. The predicted molar refractivity (Wildman–Crippen MR) is 138 cm³/mol. The molecule has 1 unspecified atom stereocenters. The average Bonchev–Trinajstić information content (AvgIpc) is 3.53. The van der Waals surface area contributed by atoms with Crippen molar-refractivity contribution in [1.29, 1.82) is 0 Å². The molecule has 0 amide bonds. The van der Waals surface area contributed by atoms with Gasteiger partial charge >= 0.3 is 12.3 Å². The molecule has 2 heterocycles. The highest BCUT2D eigenvalue weighted by Crippen LogP contribution is 2.33. The minimum absolute atomic E-state index is 0.135. The van der Waals surface area contributed by atoms with Crippen molar-refractivity contribution in [3.63, 3.8) is 0 Å². The molecular weight excluding hydrogens is 512 g/mol. The van der Waals surface area contributed by atoms with Crippen molar-refractivity contribution in [1.82, 2.24) is 9.80 Å². The van der Waals surface area contributed by atoms with Gasteiger partial charge in [0.05, 0.1) is 0 Å². The van der Waals surface area contributed by atoms with E-state index in [1.54, 1.807) is 48.5 Å². The van der Waals surface area contributed by atoms with E-state index in [1.165, 1.54) is 12.1 Å². The maximum absolute atomic E-state index is 13.1. The number of Topliss-reactive ketones (excluding diaryl/α,β-unsaturated/α-hetero) is 1. The molecule has 5 nitrogen and oxygen atoms in total. The van der Waals surface area contributed by atoms with Crippen LogP contribution in [0.4, 0.5) is 17.6 Å². The third-order valence-corrected chi connectivity index (χ3v) is 7.51. The van der Waals surface area contributed by atoms with E-state index >= 15 is 0 Å². The highest BCUT2D eigenvalue weighted by atomic mass is 19.3. The molecule has 0 radical (unpaired) electrons. The maximum Gasteiger partial charge on any atom is 0.340 e. The number of hydrogen-bond acceptors (Lipinski definition) is 5. The minimum atomic E-state index is -4.18. The molecule has 1 N–H and O–H groups in total. The van der Waals surface area contributed by atoms with Gasteiger partial charge in [-0.3, -0.25) is 14.6 Å². The lowest BCUT2D eigenvalue weighted by Gasteiger charge is -2.34. The van der Waals surface area contributed by atoms with Crippen LogP contribution in [0.1, 0.15) is 39.6 Å². The molecule has 5 rings (SSSR count). The van der Waals surface area contributed by atoms with Crippen LogP contribution >= 0.6 is 0 Å². The van der Waals surface area contributed by atoms with Crippen molar-refractivity contribution in [2.24, 2.45) is 0 Å². The molecule has 9 heteroatoms. The summed E-state index contributed by atoms with van der Waals surface area (Å²) in [5.74, 6) is -4.37. The molecule has 2 bridgehead atoms. The first-order valence-electron chi connectivity index (χ1n) is 12.9. The Bertz CT molecular complexity index is 1260. The summed E-state index contributed by atoms with van der Waals surface area (Å²) in [6.07, 6.45) is -3.88. The Hall–Kier alpha value is -3.27. The van der Waals surface area contributed by atoms with Crippen LogP contribution in [-0.2, 0) is 13.1 Å². The summed E-state index contributed by atoms with van der Waals surface area (Å²) in [7, 11) is 0. The molecule has 2 saturated heterocycles. The third-order valence-electron chi connectivity index (χ3n) is 7.51. The molecule has 3 atom stereocenters. The second-order valence-corrected chi connectivity index (χ2v) is 10.3. The number of aliphatic hydroxyl groups excluding tert-OH is 1. The number of piperazine rings is 1. The van der Waals surface area contributed by atoms with Crippen molar-refractivity contribution >= 4 is 5.78 Å². The largest absolute Gasteiger partial charge is 0.487 e. The summed E-state index contributed by atoms with van der Waals surface area (Å²) in [5.41, 5.74) is 3.15. The van der Waals surface area contributed by atoms with E-state index in [2.05, 4.69) is 9.80 Å². The molecule has 0 spiro atoms. The normalized spacial score (nSPS) is 20.5. The molecule has 2 fully saturated rings. The highest BCUT2D eigenvalue weighted by molar-refractivity contribution is 5.99. The number of carbonyl (C=O) groups excluding carboxylic acids is 1. The Morgan fingerprint density at radius 2 is 1.41 bits per heavy atom. The van der Waals surface area contributed by atoms with Gasteiger partial charge in [-0.25, -0.2) is 8.78 Å². The van der Waals surface area contributed by atoms with E-state index in [-0.39, 0.29) is 11.5 Å². The molecular formula is C30H30F4N2O3. The monoisotopic (exact) mass is 542 g/mol. The van der Waals surface area contributed by atoms with Crippen molar-refractivity contribution in [2.45, 2.75) is 50.0 Å². The first kappa shape index (κ1) is 27.3. The van der Waals surface area contributed by atoms with Crippen molar-refractivity contribution < 1.29 is 32.2 Å². The van der Waals surface area contributed by atoms with Crippen LogP contribution in [0.3, 0.4) is 0 Å². The molecule has 206 valence electrons. The second-order valence-electron chi connectivity index (χ2n) is 10.3. The fourth-order valence-electron chi connectivity index (χ4n) is 5.34. The van der Waals surface area contributed by atoms with Crippen LogP contribution in [-0.4, -0.2) is 64.8 Å². The van der Waals surface area contributed by atoms with Gasteiger partial charge in [0.1, 0.15) is 11.9 Å². The fraction of sp³-hybridized carbons (Fsp3) is 0.367. The first-order chi connectivity index (χ1) is 18.7. The summed E-state index contributed by atoms with van der Waals surface area (Å²) in [6.45, 7) is 1.96. The number of carbonyl (C=O) groups is 1. The van der Waals surface area contributed by atoms with Crippen molar-refractivity contribution in [3.05, 3.63) is 101 Å². The lowest BCUT2D eigenvalue weighted by Crippen LogP contribution is -2.45. The number of aliphatic hydroxyl groups is 1. The molecule has 39 heavy (non-hydrogen) atoms. The van der Waals surface area contributed by atoms with Gasteiger partial charge in [0.15, 0.2) is 12.4 Å². The number of alkyl halides is 4. The summed E-state index contributed by atoms with van der Waals surface area (Å²) >= 11 is 0. The number of rotatable bonds is 11. The topological polar surface area (TPSA) is 53.0 Å². The Balaban J connectivity index is 1.10. The number of halogens is 4. The molecule has 0 aliphatic carbocycles. The van der Waals surface area contributed by atoms with E-state index in [9.17, 15) is 27.5 Å². The maximum atomic E-state index is 13.1. The zero-order valence-electron chi connectivity index (χ0n) is 21.2. The average molecular weight is 543 g/mol. The lowest BCUT2D eigenvalue weighted by atomic mass is 9.99. The highest BCUT2D eigenvalue weighted by Gasteiger charge is 2.43. The smallest absolute Gasteiger partial charge is 0.340 e. The number of hydrogen-bond donors (Lipinski definition) is 1. The standard InChI is InChI=1S/C30H30F4N2O3/c31-29(32)30(33,34)19-39-26-12-8-21(9-13-26)16-36-18-24-14-25(36)17-35(24)15-20-6-10-23(11-7-20)28(38)27(37)22-4-2-1-3-5-22/h1-13,24-25,27,29,37H,14-19H2/t24-,25-,27?/m0/s1. The Morgan fingerprint density at radius 1 is 0.872 bits per heavy atom. The first-order valence-corrected chi connectivity index (χ1v) is 12.9. The van der Waals surface area contributed by atoms with Crippen LogP contribution in [0.25, 0.3) is 0 Å². The van der Waals surface area contributed by atoms with Crippen LogP contribution in [0.15, 0.2) is 78.9 Å². The molecule has 2 aliphatic rings. The van der Waals surface area contributed by atoms with Crippen LogP contribution < -0.4 is 4.74 Å². The molecule has 0 saturated carbocycles. The number of likely N-dealkylation sites (tertiary alicyclic amines) is 2. The third kappa shape index (κ3) is 6.32. The number of nitrogens with zero attached hydrogens (tertiary/aromatic N) is 2. The number of fused-ring (bicyclic) bond motifs is 2. The van der Waals surface area contributed by atoms with Gasteiger partial charge in [0, 0.05) is 43.8 Å². The summed E-state index contributed by atoms with van der Waals surface area (Å²) in [6, 6.07) is 23.7. The van der Waals surface area contributed by atoms with E-state index < -0.39 is 25.1 Å². The molecule has 0 aromatic heterocycles. The molecule has 3 aromatic rings. The Labute approximate surface area is 224 Å². The van der Waals surface area contributed by atoms with Crippen LogP contribution in [0.5, 0.6) is 5.75 Å². The quantitative estimate of drug-likeness (QED) is 0.262. The zero-order chi connectivity index (χ0) is 27.6. The van der Waals surface area contributed by atoms with Crippen LogP contribution in [0, 0.1) is 0 Å². The molecule has 3 aromatic carbocycles. The van der Waals surface area contributed by atoms with E-state index in [1.807, 2.05) is 18.2 Å². The van der Waals surface area contributed by atoms with Gasteiger partial charge < -0.3 is 9.84 Å². The van der Waals surface area contributed by atoms with E-state index in [4.69, 9.17) is 4.74 Å². The van der Waals surface area contributed by atoms with E-state index in [0.717, 1.165) is 37.2 Å². The summed E-state index contributed by atoms with van der Waals surface area (Å²) in [4.78, 5) is 17.5. The number of benzene rings is 3. The minimum Gasteiger partial charge on any atom is -0.487 e. The second kappa shape index (κ2) is 11.5. The molecule has 2 aliphatic heterocycles. The number of ether oxygens (including phenoxy) is 1. The van der Waals surface area contributed by atoms with Gasteiger partial charge in [0.25, 0.3) is 0 Å². The van der Waals surface area contributed by atoms with Gasteiger partial charge in [-0.2, -0.15) is 8.78 Å².